The Morgan fingerprint density at radius 1 is 1.25 bits per heavy atom. The second-order valence-corrected chi connectivity index (χ2v) is 5.33. The van der Waals surface area contributed by atoms with Gasteiger partial charge in [0.05, 0.1) is 12.3 Å². The first-order chi connectivity index (χ1) is 11.4. The summed E-state index contributed by atoms with van der Waals surface area (Å²) in [5, 5.41) is 15.6. The maximum Gasteiger partial charge on any atom is 0.331 e. The van der Waals surface area contributed by atoms with Gasteiger partial charge in [-0.05, 0) is 25.1 Å². The summed E-state index contributed by atoms with van der Waals surface area (Å²) in [7, 11) is 1.33. The number of rotatable bonds is 6. The van der Waals surface area contributed by atoms with Crippen molar-refractivity contribution < 1.29 is 19.4 Å². The van der Waals surface area contributed by atoms with Gasteiger partial charge in [0.1, 0.15) is 5.69 Å². The zero-order valence-corrected chi connectivity index (χ0v) is 13.2. The van der Waals surface area contributed by atoms with Crippen LogP contribution in [0, 0.1) is 0 Å². The number of aliphatic carboxylic acids is 1. The first-order valence-corrected chi connectivity index (χ1v) is 7.08. The molecule has 1 aromatic heterocycles. The highest BCUT2D eigenvalue weighted by Gasteiger charge is 2.35. The van der Waals surface area contributed by atoms with Crippen molar-refractivity contribution in [3.63, 3.8) is 0 Å². The van der Waals surface area contributed by atoms with Crippen LogP contribution in [-0.4, -0.2) is 46.0 Å². The van der Waals surface area contributed by atoms with Crippen molar-refractivity contribution in [3.8, 4) is 5.69 Å². The highest BCUT2D eigenvalue weighted by atomic mass is 16.5. The molecule has 0 bridgehead atoms. The Kier molecular flexibility index (Phi) is 5.10. The molecule has 2 rings (SSSR count). The molecule has 2 N–H and O–H groups in total. The van der Waals surface area contributed by atoms with Crippen LogP contribution in [0.1, 0.15) is 17.4 Å². The van der Waals surface area contributed by atoms with Crippen molar-refractivity contribution in [2.24, 2.45) is 0 Å². The van der Waals surface area contributed by atoms with E-state index in [9.17, 15) is 19.5 Å². The van der Waals surface area contributed by atoms with Crippen LogP contribution >= 0.6 is 0 Å². The van der Waals surface area contributed by atoms with Crippen LogP contribution in [0.25, 0.3) is 5.69 Å². The molecule has 0 saturated carbocycles. The molecule has 2 aromatic rings. The number of nitrogens with one attached hydrogen (secondary N) is 1. The number of nitrogens with zero attached hydrogens (tertiary/aromatic N) is 2. The molecule has 8 nitrogen and oxygen atoms in total. The van der Waals surface area contributed by atoms with Gasteiger partial charge in [-0.1, -0.05) is 18.2 Å². The minimum Gasteiger partial charge on any atom is -0.479 e. The van der Waals surface area contributed by atoms with Crippen molar-refractivity contribution >= 4 is 11.9 Å². The van der Waals surface area contributed by atoms with Gasteiger partial charge in [0.25, 0.3) is 11.5 Å². The monoisotopic (exact) mass is 331 g/mol. The minimum atomic E-state index is -1.61. The van der Waals surface area contributed by atoms with E-state index >= 15 is 0 Å². The van der Waals surface area contributed by atoms with Crippen molar-refractivity contribution in [3.05, 3.63) is 58.5 Å². The highest BCUT2D eigenvalue weighted by Crippen LogP contribution is 2.07. The van der Waals surface area contributed by atoms with E-state index in [0.717, 1.165) is 4.68 Å². The normalized spacial score (nSPS) is 13.1. The van der Waals surface area contributed by atoms with Crippen LogP contribution in [-0.2, 0) is 9.53 Å². The maximum absolute atomic E-state index is 12.3. The molecule has 0 aliphatic carbocycles. The van der Waals surface area contributed by atoms with Crippen molar-refractivity contribution in [2.45, 2.75) is 12.5 Å². The van der Waals surface area contributed by atoms with Crippen LogP contribution < -0.4 is 10.9 Å². The van der Waals surface area contributed by atoms with Gasteiger partial charge >= 0.3 is 5.97 Å². The predicted octanol–water partition coefficient (Wildman–Crippen LogP) is 0.452. The minimum absolute atomic E-state index is 0.0815. The summed E-state index contributed by atoms with van der Waals surface area (Å²) in [6, 6.07) is 11.0. The number of methoxy groups -OCH3 is 1. The van der Waals surface area contributed by atoms with Crippen molar-refractivity contribution in [1.82, 2.24) is 15.1 Å². The largest absolute Gasteiger partial charge is 0.479 e. The van der Waals surface area contributed by atoms with E-state index < -0.39 is 23.0 Å². The van der Waals surface area contributed by atoms with Crippen LogP contribution in [0.3, 0.4) is 0 Å². The van der Waals surface area contributed by atoms with E-state index in [1.165, 1.54) is 26.2 Å². The van der Waals surface area contributed by atoms with Crippen LogP contribution in [0.4, 0.5) is 0 Å². The number of carboxylic acids is 1. The molecule has 24 heavy (non-hydrogen) atoms. The molecule has 1 aromatic carbocycles. The quantitative estimate of drug-likeness (QED) is 0.795. The van der Waals surface area contributed by atoms with E-state index in [1.807, 2.05) is 0 Å². The molecule has 0 fully saturated rings. The number of carboxylic acid groups (broad SMARTS) is 1. The summed E-state index contributed by atoms with van der Waals surface area (Å²) in [6.07, 6.45) is 0. The average Bonchev–Trinajstić information content (AvgIpc) is 2.56. The van der Waals surface area contributed by atoms with Gasteiger partial charge in [-0.25, -0.2) is 4.79 Å². The zero-order valence-electron chi connectivity index (χ0n) is 13.2. The number of para-hydroxylation sites is 1. The Labute approximate surface area is 137 Å². The molecular formula is C16H17N3O5. The van der Waals surface area contributed by atoms with Crippen LogP contribution in [0.2, 0.25) is 0 Å². The third-order valence-corrected chi connectivity index (χ3v) is 3.33. The summed E-state index contributed by atoms with van der Waals surface area (Å²) in [5.41, 5.74) is -1.60. The second-order valence-electron chi connectivity index (χ2n) is 5.33. The van der Waals surface area contributed by atoms with E-state index in [1.54, 1.807) is 30.3 Å². The Morgan fingerprint density at radius 3 is 2.50 bits per heavy atom. The smallest absolute Gasteiger partial charge is 0.331 e. The summed E-state index contributed by atoms with van der Waals surface area (Å²) in [4.78, 5) is 35.6. The van der Waals surface area contributed by atoms with Gasteiger partial charge in [0.2, 0.25) is 0 Å². The fourth-order valence-corrected chi connectivity index (χ4v) is 2.04. The van der Waals surface area contributed by atoms with E-state index in [-0.39, 0.29) is 12.3 Å². The number of hydrogen-bond donors (Lipinski definition) is 2. The molecule has 1 unspecified atom stereocenters. The molecule has 0 aliphatic rings. The lowest BCUT2D eigenvalue weighted by Crippen LogP contribution is -2.55. The number of ether oxygens (including phenoxy) is 1. The Hall–Kier alpha value is -3.00. The number of benzene rings is 1. The molecule has 126 valence electrons. The van der Waals surface area contributed by atoms with Gasteiger partial charge in [-0.2, -0.15) is 9.78 Å². The molecule has 0 saturated heterocycles. The first-order valence-electron chi connectivity index (χ1n) is 7.08. The van der Waals surface area contributed by atoms with Gasteiger partial charge in [0, 0.05) is 13.2 Å². The summed E-state index contributed by atoms with van der Waals surface area (Å²) in [6.45, 7) is 1.11. The summed E-state index contributed by atoms with van der Waals surface area (Å²) >= 11 is 0. The standard InChI is InChI=1S/C16H17N3O5/c1-16(10-24-2,15(22)23)17-14(21)12-8-9-13(20)19(18-12)11-6-4-3-5-7-11/h3-9H,10H2,1-2H3,(H,17,21)(H,22,23). The number of aromatic nitrogens is 2. The lowest BCUT2D eigenvalue weighted by molar-refractivity contribution is -0.145. The van der Waals surface area contributed by atoms with E-state index in [4.69, 9.17) is 4.74 Å². The lowest BCUT2D eigenvalue weighted by atomic mass is 10.0. The molecule has 1 atom stereocenters. The molecule has 1 heterocycles. The number of carbonyl (C=O) groups is 2. The molecular weight excluding hydrogens is 314 g/mol. The molecule has 0 spiro atoms. The fourth-order valence-electron chi connectivity index (χ4n) is 2.04. The Bertz CT molecular complexity index is 803. The van der Waals surface area contributed by atoms with E-state index in [0.29, 0.717) is 5.69 Å². The number of amides is 1. The number of hydrogen-bond acceptors (Lipinski definition) is 5. The van der Waals surface area contributed by atoms with E-state index in [2.05, 4.69) is 10.4 Å². The highest BCUT2D eigenvalue weighted by molar-refractivity contribution is 5.96. The predicted molar refractivity (Wildman–Crippen MR) is 85.2 cm³/mol. The number of carbonyl (C=O) groups excluding carboxylic acids is 1. The zero-order chi connectivity index (χ0) is 17.7. The summed E-state index contributed by atoms with van der Waals surface area (Å²) in [5.74, 6) is -1.96. The van der Waals surface area contributed by atoms with Gasteiger partial charge in [-0.3, -0.25) is 9.59 Å². The van der Waals surface area contributed by atoms with Crippen LogP contribution in [0.5, 0.6) is 0 Å². The maximum atomic E-state index is 12.3. The third kappa shape index (κ3) is 3.66. The molecule has 1 amide bonds. The molecule has 8 heteroatoms. The lowest BCUT2D eigenvalue weighted by Gasteiger charge is -2.25. The molecule has 0 radical (unpaired) electrons. The van der Waals surface area contributed by atoms with Crippen LogP contribution in [0.15, 0.2) is 47.3 Å². The third-order valence-electron chi connectivity index (χ3n) is 3.33. The first kappa shape index (κ1) is 17.4. The topological polar surface area (TPSA) is 111 Å². The van der Waals surface area contributed by atoms with Gasteiger partial charge < -0.3 is 15.2 Å². The van der Waals surface area contributed by atoms with Crippen molar-refractivity contribution in [2.75, 3.05) is 13.7 Å². The van der Waals surface area contributed by atoms with Gasteiger partial charge in [-0.15, -0.1) is 0 Å². The Morgan fingerprint density at radius 2 is 1.92 bits per heavy atom. The Balaban J connectivity index is 2.34. The van der Waals surface area contributed by atoms with Gasteiger partial charge in [0.15, 0.2) is 5.54 Å². The average molecular weight is 331 g/mol. The second kappa shape index (κ2) is 7.05. The molecule has 0 aliphatic heterocycles. The van der Waals surface area contributed by atoms with Crippen molar-refractivity contribution in [1.29, 1.82) is 0 Å². The fraction of sp³-hybridized carbons (Fsp3) is 0.250. The summed E-state index contributed by atoms with van der Waals surface area (Å²) < 4.78 is 5.92. The SMILES string of the molecule is COCC(C)(NC(=O)c1ccc(=O)n(-c2ccccc2)n1)C(=O)O.